The van der Waals surface area contributed by atoms with E-state index in [-0.39, 0.29) is 66.5 Å². The Balaban J connectivity index is 0.000000165. The van der Waals surface area contributed by atoms with Crippen molar-refractivity contribution >= 4 is 172 Å². The number of carboxylic acid groups (broad SMARTS) is 3. The summed E-state index contributed by atoms with van der Waals surface area (Å²) < 4.78 is 17.5. The van der Waals surface area contributed by atoms with Crippen molar-refractivity contribution in [3.8, 4) is 0 Å². The summed E-state index contributed by atoms with van der Waals surface area (Å²) in [5.74, 6) is -3.95. The van der Waals surface area contributed by atoms with Gasteiger partial charge in [-0.05, 0) is 145 Å². The van der Waals surface area contributed by atoms with Gasteiger partial charge in [-0.2, -0.15) is 0 Å². The fourth-order valence-electron chi connectivity index (χ4n) is 6.90. The number of aromatic carboxylic acids is 3. The van der Waals surface area contributed by atoms with Gasteiger partial charge in [0.2, 0.25) is 16.3 Å². The first-order valence-corrected chi connectivity index (χ1v) is 26.5. The number of carbonyl (C=O) groups excluding carboxylic acids is 3. The van der Waals surface area contributed by atoms with Gasteiger partial charge in [-0.1, -0.05) is 0 Å². The zero-order chi connectivity index (χ0) is 47.6. The second-order valence-corrected chi connectivity index (χ2v) is 19.1. The first-order chi connectivity index (χ1) is 31.6. The van der Waals surface area contributed by atoms with E-state index in [1.807, 2.05) is 55.7 Å². The Kier molecular flexibility index (Phi) is 16.7. The molecule has 9 rings (SSSR count). The normalized spacial score (nSPS) is 11.0. The van der Waals surface area contributed by atoms with Crippen LogP contribution in [0.25, 0.3) is 65.8 Å². The average molecular weight is 1020 g/mol. The van der Waals surface area contributed by atoms with Crippen LogP contribution in [0.15, 0.2) is 148 Å². The van der Waals surface area contributed by atoms with Crippen molar-refractivity contribution in [3.05, 3.63) is 138 Å². The van der Waals surface area contributed by atoms with Gasteiger partial charge in [-0.15, -0.1) is 70.6 Å². The van der Waals surface area contributed by atoms with E-state index in [0.29, 0.717) is 49.7 Å². The van der Waals surface area contributed by atoms with Crippen molar-refractivity contribution in [2.45, 2.75) is 29.4 Å². The third-order valence-electron chi connectivity index (χ3n) is 10.2. The van der Waals surface area contributed by atoms with Crippen molar-refractivity contribution in [2.24, 2.45) is 0 Å². The van der Waals surface area contributed by atoms with Crippen molar-refractivity contribution in [1.82, 2.24) is 0 Å². The first kappa shape index (κ1) is 51.2. The number of carboxylic acids is 3. The summed E-state index contributed by atoms with van der Waals surface area (Å²) in [7, 11) is 0. The molecule has 0 fully saturated rings. The van der Waals surface area contributed by atoms with Crippen molar-refractivity contribution in [2.75, 3.05) is 37.5 Å². The molecular formula is C48H33AlO12S6. The minimum Gasteiger partial charge on any atom is -0.545 e. The van der Waals surface area contributed by atoms with E-state index >= 15 is 0 Å². The van der Waals surface area contributed by atoms with Crippen LogP contribution >= 0.6 is 70.6 Å². The SMILES string of the molecule is CSc1cc(SC)c2oc3ccc(C(=O)[O-])cc3c(=O)c2c1.CSc1cc(SC)c2oc3ccc(C(=O)[O-])cc3c(=O)c2c1.CSc1cc(SC)c2oc3ccc(C(=O)[O-])cc3c(=O)c2c1.[Al+3]. The molecule has 6 aromatic carbocycles. The van der Waals surface area contributed by atoms with Crippen LogP contribution in [-0.2, 0) is 0 Å². The summed E-state index contributed by atoms with van der Waals surface area (Å²) in [4.78, 5) is 76.5. The van der Waals surface area contributed by atoms with Crippen LogP contribution < -0.4 is 31.6 Å². The van der Waals surface area contributed by atoms with Crippen LogP contribution in [0.1, 0.15) is 31.1 Å². The number of rotatable bonds is 9. The molecule has 336 valence electrons. The van der Waals surface area contributed by atoms with E-state index < -0.39 is 17.9 Å². The molecular weight excluding hydrogens is 988 g/mol. The average Bonchev–Trinajstić information content (AvgIpc) is 3.33. The molecule has 0 unspecified atom stereocenters. The number of fused-ring (bicyclic) bond motifs is 6. The molecule has 67 heavy (non-hydrogen) atoms. The molecule has 0 amide bonds. The molecule has 19 heteroatoms. The second-order valence-electron chi connectivity index (χ2n) is 13.9. The second kappa shape index (κ2) is 21.8. The van der Waals surface area contributed by atoms with E-state index in [1.54, 1.807) is 18.2 Å². The van der Waals surface area contributed by atoms with Crippen molar-refractivity contribution in [1.29, 1.82) is 0 Å². The van der Waals surface area contributed by atoms with Crippen LogP contribution in [0.4, 0.5) is 0 Å². The van der Waals surface area contributed by atoms with Crippen LogP contribution in [0.3, 0.4) is 0 Å². The van der Waals surface area contributed by atoms with Crippen LogP contribution in [0.2, 0.25) is 0 Å². The minimum atomic E-state index is -1.32. The zero-order valence-electron chi connectivity index (χ0n) is 36.1. The third-order valence-corrected chi connectivity index (χ3v) is 14.6. The molecule has 0 bridgehead atoms. The van der Waals surface area contributed by atoms with Crippen LogP contribution in [-0.4, -0.2) is 72.8 Å². The predicted molar refractivity (Wildman–Crippen MR) is 269 cm³/mol. The maximum Gasteiger partial charge on any atom is 3.00 e. The molecule has 0 saturated heterocycles. The largest absolute Gasteiger partial charge is 3.00 e. The van der Waals surface area contributed by atoms with Gasteiger partial charge in [0.15, 0.2) is 16.7 Å². The molecule has 0 aliphatic rings. The molecule has 3 heterocycles. The molecule has 0 spiro atoms. The molecule has 0 N–H and O–H groups in total. The first-order valence-electron chi connectivity index (χ1n) is 19.2. The zero-order valence-corrected chi connectivity index (χ0v) is 42.1. The van der Waals surface area contributed by atoms with Gasteiger partial charge in [0.05, 0.1) is 64.9 Å². The van der Waals surface area contributed by atoms with Gasteiger partial charge >= 0.3 is 17.4 Å². The van der Waals surface area contributed by atoms with Gasteiger partial charge in [0.25, 0.3) is 0 Å². The maximum atomic E-state index is 12.7. The smallest absolute Gasteiger partial charge is 0.545 e. The standard InChI is InChI=1S/3C16H12O4S2.Al/c3*1-21-9-6-11-14(17)10-5-8(16(18)19)3-4-12(10)20-15(11)13(7-9)22-2;/h3*3-7H,1-2H3,(H,18,19);/q;;;+3/p-3. The Bertz CT molecular complexity index is 3260. The molecule has 0 aliphatic carbocycles. The molecule has 0 radical (unpaired) electrons. The Labute approximate surface area is 416 Å². The van der Waals surface area contributed by atoms with E-state index in [1.165, 1.54) is 125 Å². The predicted octanol–water partition coefficient (Wildman–Crippen LogP) is 7.88. The van der Waals surface area contributed by atoms with Gasteiger partial charge < -0.3 is 43.0 Å². The number of benzene rings is 6. The van der Waals surface area contributed by atoms with Crippen molar-refractivity contribution < 1.29 is 43.0 Å². The van der Waals surface area contributed by atoms with E-state index in [2.05, 4.69) is 0 Å². The minimum absolute atomic E-state index is 0. The quantitative estimate of drug-likeness (QED) is 0.0764. The number of thioether (sulfide) groups is 6. The fourth-order valence-corrected chi connectivity index (χ4v) is 10.3. The third kappa shape index (κ3) is 10.4. The van der Waals surface area contributed by atoms with E-state index in [9.17, 15) is 44.1 Å². The summed E-state index contributed by atoms with van der Waals surface area (Å²) in [6, 6.07) is 23.8. The Hall–Kier alpha value is -5.23. The Morgan fingerprint density at radius 3 is 0.836 bits per heavy atom. The van der Waals surface area contributed by atoms with Gasteiger partial charge in [0.1, 0.15) is 16.7 Å². The monoisotopic (exact) mass is 1020 g/mol. The molecule has 0 aliphatic heterocycles. The summed E-state index contributed by atoms with van der Waals surface area (Å²) in [6.07, 6.45) is 11.6. The molecule has 0 saturated carbocycles. The Morgan fingerprint density at radius 1 is 0.373 bits per heavy atom. The maximum absolute atomic E-state index is 12.7. The Morgan fingerprint density at radius 2 is 0.627 bits per heavy atom. The summed E-state index contributed by atoms with van der Waals surface area (Å²) in [5.41, 5.74) is 1.90. The molecule has 9 aromatic rings. The molecule has 12 nitrogen and oxygen atoms in total. The summed E-state index contributed by atoms with van der Waals surface area (Å²) in [6.45, 7) is 0. The van der Waals surface area contributed by atoms with Gasteiger partial charge in [-0.25, -0.2) is 0 Å². The van der Waals surface area contributed by atoms with E-state index in [0.717, 1.165) is 29.4 Å². The molecule has 3 aromatic heterocycles. The summed E-state index contributed by atoms with van der Waals surface area (Å²) in [5, 5.41) is 35.0. The topological polar surface area (TPSA) is 211 Å². The summed E-state index contributed by atoms with van der Waals surface area (Å²) >= 11 is 9.12. The van der Waals surface area contributed by atoms with Gasteiger partial charge in [-0.3, -0.25) is 14.4 Å². The number of hydrogen-bond donors (Lipinski definition) is 0. The number of carbonyl (C=O) groups is 3. The van der Waals surface area contributed by atoms with E-state index in [4.69, 9.17) is 13.3 Å². The van der Waals surface area contributed by atoms with Crippen LogP contribution in [0.5, 0.6) is 0 Å². The number of hydrogen-bond acceptors (Lipinski definition) is 18. The fraction of sp³-hybridized carbons (Fsp3) is 0.125. The van der Waals surface area contributed by atoms with Crippen molar-refractivity contribution in [3.63, 3.8) is 0 Å². The van der Waals surface area contributed by atoms with Crippen LogP contribution in [0, 0.1) is 0 Å². The van der Waals surface area contributed by atoms with Gasteiger partial charge in [0, 0.05) is 14.7 Å². The molecule has 0 atom stereocenters.